The smallest absolute Gasteiger partial charge is 0.410 e. The predicted octanol–water partition coefficient (Wildman–Crippen LogP) is 2.41. The normalized spacial score (nSPS) is 21.8. The van der Waals surface area contributed by atoms with E-state index in [9.17, 15) is 9.59 Å². The molecule has 2 saturated heterocycles. The molecule has 27 heavy (non-hydrogen) atoms. The molecular weight excluding hydrogens is 350 g/mol. The third-order valence-corrected chi connectivity index (χ3v) is 5.00. The molecule has 0 unspecified atom stereocenters. The van der Waals surface area contributed by atoms with Crippen LogP contribution in [0.15, 0.2) is 22.6 Å². The van der Waals surface area contributed by atoms with Gasteiger partial charge in [0.15, 0.2) is 5.60 Å². The van der Waals surface area contributed by atoms with Crippen LogP contribution in [0.3, 0.4) is 0 Å². The highest BCUT2D eigenvalue weighted by molar-refractivity contribution is 5.91. The number of ether oxygens (including phenoxy) is 1. The van der Waals surface area contributed by atoms with Crippen LogP contribution in [0.5, 0.6) is 0 Å². The van der Waals surface area contributed by atoms with E-state index in [1.54, 1.807) is 23.8 Å². The van der Waals surface area contributed by atoms with Crippen molar-refractivity contribution in [2.45, 2.75) is 25.9 Å². The van der Waals surface area contributed by atoms with Gasteiger partial charge in [-0.25, -0.2) is 9.59 Å². The van der Waals surface area contributed by atoms with Crippen molar-refractivity contribution in [2.24, 2.45) is 0 Å². The van der Waals surface area contributed by atoms with Gasteiger partial charge in [0, 0.05) is 38.2 Å². The fourth-order valence-electron chi connectivity index (χ4n) is 3.52. The Morgan fingerprint density at radius 1 is 1.26 bits per heavy atom. The molecule has 4 rings (SSSR count). The third-order valence-electron chi connectivity index (χ3n) is 5.00. The zero-order chi connectivity index (χ0) is 19.2. The van der Waals surface area contributed by atoms with Crippen LogP contribution in [0.1, 0.15) is 17.9 Å². The van der Waals surface area contributed by atoms with Crippen molar-refractivity contribution < 1.29 is 18.7 Å². The molecule has 1 atom stereocenters. The summed E-state index contributed by atoms with van der Waals surface area (Å²) in [6.45, 7) is 5.06. The van der Waals surface area contributed by atoms with Crippen LogP contribution < -0.4 is 5.32 Å². The molecule has 0 bridgehead atoms. The zero-order valence-electron chi connectivity index (χ0n) is 15.5. The van der Waals surface area contributed by atoms with Gasteiger partial charge in [-0.05, 0) is 24.6 Å². The Kier molecular flexibility index (Phi) is 4.01. The van der Waals surface area contributed by atoms with Crippen molar-refractivity contribution in [3.63, 3.8) is 0 Å². The SMILES string of the molecule is Cc1nnc(-c2ccc(C)c(NC(=O)N3CC[C@@]4(CN(C)C(=O)O4)C3)c2)o1. The van der Waals surface area contributed by atoms with E-state index in [4.69, 9.17) is 9.15 Å². The number of likely N-dealkylation sites (N-methyl/N-ethyl adjacent to an activating group) is 1. The highest BCUT2D eigenvalue weighted by Gasteiger charge is 2.49. The van der Waals surface area contributed by atoms with Gasteiger partial charge < -0.3 is 24.3 Å². The van der Waals surface area contributed by atoms with Crippen LogP contribution in [0.25, 0.3) is 11.5 Å². The number of likely N-dealkylation sites (tertiary alicyclic amines) is 1. The molecule has 1 aromatic carbocycles. The molecule has 2 fully saturated rings. The topological polar surface area (TPSA) is 101 Å². The number of carbonyl (C=O) groups excluding carboxylic acids is 2. The van der Waals surface area contributed by atoms with E-state index >= 15 is 0 Å². The molecule has 142 valence electrons. The van der Waals surface area contributed by atoms with E-state index in [1.165, 1.54) is 0 Å². The van der Waals surface area contributed by atoms with E-state index in [1.807, 2.05) is 25.1 Å². The minimum atomic E-state index is -0.596. The first-order valence-corrected chi connectivity index (χ1v) is 8.76. The van der Waals surface area contributed by atoms with Crippen molar-refractivity contribution in [1.29, 1.82) is 0 Å². The first kappa shape index (κ1) is 17.3. The van der Waals surface area contributed by atoms with Crippen molar-refractivity contribution in [3.05, 3.63) is 29.7 Å². The molecular formula is C18H21N5O4. The van der Waals surface area contributed by atoms with Gasteiger partial charge in [-0.1, -0.05) is 6.07 Å². The van der Waals surface area contributed by atoms with E-state index < -0.39 is 5.60 Å². The van der Waals surface area contributed by atoms with Crippen molar-refractivity contribution in [1.82, 2.24) is 20.0 Å². The lowest BCUT2D eigenvalue weighted by Gasteiger charge is -2.22. The highest BCUT2D eigenvalue weighted by atomic mass is 16.6. The summed E-state index contributed by atoms with van der Waals surface area (Å²) in [5.74, 6) is 0.888. The number of nitrogens with zero attached hydrogens (tertiary/aromatic N) is 4. The first-order valence-electron chi connectivity index (χ1n) is 8.76. The number of carbonyl (C=O) groups is 2. The molecule has 0 radical (unpaired) electrons. The monoisotopic (exact) mass is 371 g/mol. The van der Waals surface area contributed by atoms with Crippen molar-refractivity contribution in [2.75, 3.05) is 32.0 Å². The third kappa shape index (κ3) is 3.20. The summed E-state index contributed by atoms with van der Waals surface area (Å²) in [5.41, 5.74) is 1.74. The summed E-state index contributed by atoms with van der Waals surface area (Å²) in [5, 5.41) is 10.8. The maximum absolute atomic E-state index is 12.7. The van der Waals surface area contributed by atoms with Crippen LogP contribution in [-0.2, 0) is 4.74 Å². The lowest BCUT2D eigenvalue weighted by Crippen LogP contribution is -2.40. The molecule has 0 aliphatic carbocycles. The number of hydrogen-bond acceptors (Lipinski definition) is 6. The second-order valence-corrected chi connectivity index (χ2v) is 7.16. The number of amides is 3. The molecule has 9 nitrogen and oxygen atoms in total. The number of aryl methyl sites for hydroxylation is 2. The Labute approximate surface area is 156 Å². The number of aromatic nitrogens is 2. The minimum Gasteiger partial charge on any atom is -0.439 e. The largest absolute Gasteiger partial charge is 0.439 e. The summed E-state index contributed by atoms with van der Waals surface area (Å²) in [6.07, 6.45) is 0.298. The second-order valence-electron chi connectivity index (χ2n) is 7.16. The van der Waals surface area contributed by atoms with Crippen LogP contribution in [0, 0.1) is 13.8 Å². The lowest BCUT2D eigenvalue weighted by molar-refractivity contribution is 0.0663. The molecule has 1 spiro atoms. The number of hydrogen-bond donors (Lipinski definition) is 1. The summed E-state index contributed by atoms with van der Waals surface area (Å²) in [4.78, 5) is 27.6. The quantitative estimate of drug-likeness (QED) is 0.870. The molecule has 2 aliphatic heterocycles. The molecule has 0 saturated carbocycles. The Hall–Kier alpha value is -3.10. The number of urea groups is 1. The molecule has 1 N–H and O–H groups in total. The molecule has 3 heterocycles. The number of anilines is 1. The number of nitrogens with one attached hydrogen (secondary N) is 1. The average molecular weight is 371 g/mol. The summed E-state index contributed by atoms with van der Waals surface area (Å²) in [7, 11) is 1.70. The molecule has 2 aliphatic rings. The van der Waals surface area contributed by atoms with Gasteiger partial charge >= 0.3 is 12.1 Å². The van der Waals surface area contributed by atoms with Crippen LogP contribution in [0.2, 0.25) is 0 Å². The summed E-state index contributed by atoms with van der Waals surface area (Å²) >= 11 is 0. The van der Waals surface area contributed by atoms with E-state index in [0.29, 0.717) is 43.5 Å². The summed E-state index contributed by atoms with van der Waals surface area (Å²) < 4.78 is 10.9. The highest BCUT2D eigenvalue weighted by Crippen LogP contribution is 2.32. The van der Waals surface area contributed by atoms with Gasteiger partial charge in [-0.2, -0.15) is 0 Å². The van der Waals surface area contributed by atoms with Gasteiger partial charge in [0.25, 0.3) is 0 Å². The molecule has 2 aromatic rings. The number of rotatable bonds is 2. The first-order chi connectivity index (χ1) is 12.8. The fourth-order valence-corrected chi connectivity index (χ4v) is 3.52. The van der Waals surface area contributed by atoms with Gasteiger partial charge in [-0.15, -0.1) is 10.2 Å². The van der Waals surface area contributed by atoms with E-state index in [-0.39, 0.29) is 12.1 Å². The molecule has 3 amide bonds. The molecule has 1 aromatic heterocycles. The average Bonchev–Trinajstić information content (AvgIpc) is 3.30. The maximum atomic E-state index is 12.7. The fraction of sp³-hybridized carbons (Fsp3) is 0.444. The summed E-state index contributed by atoms with van der Waals surface area (Å²) in [6, 6.07) is 5.36. The zero-order valence-corrected chi connectivity index (χ0v) is 15.5. The standard InChI is InChI=1S/C18H21N5O4/c1-11-4-5-13(15-21-20-12(2)26-15)8-14(11)19-16(24)23-7-6-18(10-23)9-22(3)17(25)27-18/h4-5,8H,6-7,9-10H2,1-3H3,(H,19,24)/t18-/m1/s1. The van der Waals surface area contributed by atoms with Gasteiger partial charge in [-0.3, -0.25) is 0 Å². The van der Waals surface area contributed by atoms with Crippen LogP contribution >= 0.6 is 0 Å². The van der Waals surface area contributed by atoms with Crippen molar-refractivity contribution in [3.8, 4) is 11.5 Å². The predicted molar refractivity (Wildman–Crippen MR) is 96.3 cm³/mol. The van der Waals surface area contributed by atoms with Crippen LogP contribution in [-0.4, -0.2) is 64.4 Å². The minimum absolute atomic E-state index is 0.223. The maximum Gasteiger partial charge on any atom is 0.410 e. The Morgan fingerprint density at radius 3 is 2.74 bits per heavy atom. The van der Waals surface area contributed by atoms with Crippen molar-refractivity contribution >= 4 is 17.8 Å². The van der Waals surface area contributed by atoms with Gasteiger partial charge in [0.2, 0.25) is 11.8 Å². The Morgan fingerprint density at radius 2 is 2.07 bits per heavy atom. The second kappa shape index (κ2) is 6.26. The Bertz CT molecular complexity index is 911. The van der Waals surface area contributed by atoms with Gasteiger partial charge in [0.05, 0.1) is 13.1 Å². The number of benzene rings is 1. The van der Waals surface area contributed by atoms with E-state index in [2.05, 4.69) is 15.5 Å². The van der Waals surface area contributed by atoms with Crippen LogP contribution in [0.4, 0.5) is 15.3 Å². The van der Waals surface area contributed by atoms with Gasteiger partial charge in [0.1, 0.15) is 0 Å². The Balaban J connectivity index is 1.48. The van der Waals surface area contributed by atoms with E-state index in [0.717, 1.165) is 11.1 Å². The molecule has 9 heteroatoms. The lowest BCUT2D eigenvalue weighted by atomic mass is 10.0.